The van der Waals surface area contributed by atoms with Crippen LogP contribution in [0.15, 0.2) is 36.8 Å². The molecule has 1 saturated heterocycles. The number of piperidine rings is 1. The zero-order valence-corrected chi connectivity index (χ0v) is 14.9. The fourth-order valence-electron chi connectivity index (χ4n) is 3.33. The van der Waals surface area contributed by atoms with Gasteiger partial charge in [-0.2, -0.15) is 0 Å². The third-order valence-corrected chi connectivity index (χ3v) is 4.64. The fraction of sp³-hybridized carbons (Fsp3) is 0.333. The highest BCUT2D eigenvalue weighted by Crippen LogP contribution is 2.26. The standard InChI is InChI=1S/C18H20N6O3/c1-27-17-16(21-12-5-4-7-23(11-12)18(25)26)22-13(9-20-17)14-10-19-15-6-2-3-8-24(14)15/h2-3,6,8-10,12H,4-5,7,11H2,1H3,(H,21,22)(H,25,26)/t12-/m1/s1. The van der Waals surface area contributed by atoms with Crippen molar-refractivity contribution in [2.45, 2.75) is 18.9 Å². The van der Waals surface area contributed by atoms with Crippen LogP contribution in [0.25, 0.3) is 17.0 Å². The Morgan fingerprint density at radius 3 is 3.04 bits per heavy atom. The number of fused-ring (bicyclic) bond motifs is 1. The highest BCUT2D eigenvalue weighted by molar-refractivity contribution is 5.65. The van der Waals surface area contributed by atoms with Gasteiger partial charge in [0.25, 0.3) is 5.88 Å². The van der Waals surface area contributed by atoms with E-state index in [1.165, 1.54) is 12.0 Å². The Morgan fingerprint density at radius 2 is 2.22 bits per heavy atom. The van der Waals surface area contributed by atoms with Crippen molar-refractivity contribution in [1.82, 2.24) is 24.3 Å². The Balaban J connectivity index is 1.64. The molecule has 1 amide bonds. The number of carbonyl (C=O) groups is 1. The number of nitrogens with one attached hydrogen (secondary N) is 1. The van der Waals surface area contributed by atoms with Crippen LogP contribution in [-0.4, -0.2) is 61.7 Å². The van der Waals surface area contributed by atoms with Gasteiger partial charge in [0.15, 0.2) is 5.82 Å². The van der Waals surface area contributed by atoms with Crippen molar-refractivity contribution in [2.24, 2.45) is 0 Å². The summed E-state index contributed by atoms with van der Waals surface area (Å²) in [6.07, 6.45) is 6.07. The van der Waals surface area contributed by atoms with Gasteiger partial charge >= 0.3 is 6.09 Å². The quantitative estimate of drug-likeness (QED) is 0.728. The summed E-state index contributed by atoms with van der Waals surface area (Å²) >= 11 is 0. The number of imidazole rings is 1. The molecule has 9 nitrogen and oxygen atoms in total. The molecule has 4 heterocycles. The van der Waals surface area contributed by atoms with Gasteiger partial charge in [0.1, 0.15) is 11.3 Å². The summed E-state index contributed by atoms with van der Waals surface area (Å²) in [4.78, 5) is 26.1. The predicted octanol–water partition coefficient (Wildman–Crippen LogP) is 2.35. The fourth-order valence-corrected chi connectivity index (χ4v) is 3.33. The number of amides is 1. The topological polar surface area (TPSA) is 105 Å². The average Bonchev–Trinajstić information content (AvgIpc) is 3.12. The Bertz CT molecular complexity index is 973. The third-order valence-electron chi connectivity index (χ3n) is 4.64. The molecule has 3 aromatic rings. The van der Waals surface area contributed by atoms with Gasteiger partial charge in [0.05, 0.1) is 25.2 Å². The number of pyridine rings is 1. The number of carboxylic acid groups (broad SMARTS) is 1. The molecule has 9 heteroatoms. The lowest BCUT2D eigenvalue weighted by Crippen LogP contribution is -2.44. The van der Waals surface area contributed by atoms with Crippen LogP contribution in [0.4, 0.5) is 10.6 Å². The second-order valence-corrected chi connectivity index (χ2v) is 6.40. The maximum Gasteiger partial charge on any atom is 0.407 e. The summed E-state index contributed by atoms with van der Waals surface area (Å²) in [6.45, 7) is 0.957. The summed E-state index contributed by atoms with van der Waals surface area (Å²) < 4.78 is 7.27. The molecule has 0 spiro atoms. The van der Waals surface area contributed by atoms with Crippen molar-refractivity contribution >= 4 is 17.6 Å². The highest BCUT2D eigenvalue weighted by Gasteiger charge is 2.24. The first kappa shape index (κ1) is 17.1. The van der Waals surface area contributed by atoms with Gasteiger partial charge < -0.3 is 20.1 Å². The first-order valence-electron chi connectivity index (χ1n) is 8.73. The minimum atomic E-state index is -0.904. The molecule has 1 atom stereocenters. The van der Waals surface area contributed by atoms with Gasteiger partial charge in [-0.3, -0.25) is 4.40 Å². The molecule has 0 saturated carbocycles. The number of ether oxygens (including phenoxy) is 1. The van der Waals surface area contributed by atoms with Crippen molar-refractivity contribution in [3.8, 4) is 17.3 Å². The van der Waals surface area contributed by atoms with Crippen LogP contribution in [0.1, 0.15) is 12.8 Å². The van der Waals surface area contributed by atoms with Gasteiger partial charge in [0, 0.05) is 25.3 Å². The molecule has 0 aromatic carbocycles. The molecule has 1 aliphatic heterocycles. The Labute approximate surface area is 155 Å². The number of likely N-dealkylation sites (tertiary alicyclic amines) is 1. The Hall–Kier alpha value is -3.36. The van der Waals surface area contributed by atoms with E-state index in [1.807, 2.05) is 28.8 Å². The van der Waals surface area contributed by atoms with Crippen LogP contribution in [-0.2, 0) is 0 Å². The lowest BCUT2D eigenvalue weighted by molar-refractivity contribution is 0.132. The summed E-state index contributed by atoms with van der Waals surface area (Å²) in [5, 5.41) is 12.5. The van der Waals surface area contributed by atoms with E-state index in [-0.39, 0.29) is 6.04 Å². The molecular weight excluding hydrogens is 348 g/mol. The van der Waals surface area contributed by atoms with Crippen LogP contribution in [0.2, 0.25) is 0 Å². The lowest BCUT2D eigenvalue weighted by Gasteiger charge is -2.31. The van der Waals surface area contributed by atoms with Crippen molar-refractivity contribution in [3.63, 3.8) is 0 Å². The lowest BCUT2D eigenvalue weighted by atomic mass is 10.1. The SMILES string of the molecule is COc1ncc(-c2cnc3ccccn23)nc1N[C@@H]1CCCN(C(=O)O)C1. The Morgan fingerprint density at radius 1 is 1.33 bits per heavy atom. The van der Waals surface area contributed by atoms with Crippen molar-refractivity contribution in [3.05, 3.63) is 36.8 Å². The van der Waals surface area contributed by atoms with Gasteiger partial charge in [0.2, 0.25) is 0 Å². The molecule has 0 aliphatic carbocycles. The Kier molecular flexibility index (Phi) is 4.49. The molecule has 27 heavy (non-hydrogen) atoms. The van der Waals surface area contributed by atoms with Crippen molar-refractivity contribution < 1.29 is 14.6 Å². The highest BCUT2D eigenvalue weighted by atomic mass is 16.5. The molecule has 4 rings (SSSR count). The number of hydrogen-bond acceptors (Lipinski definition) is 6. The molecule has 3 aromatic heterocycles. The maximum absolute atomic E-state index is 11.2. The van der Waals surface area contributed by atoms with E-state index in [1.54, 1.807) is 12.4 Å². The zero-order chi connectivity index (χ0) is 18.8. The van der Waals surface area contributed by atoms with Gasteiger partial charge in [-0.25, -0.2) is 19.7 Å². The largest absolute Gasteiger partial charge is 0.478 e. The van der Waals surface area contributed by atoms with Gasteiger partial charge in [-0.15, -0.1) is 0 Å². The van der Waals surface area contributed by atoms with Gasteiger partial charge in [-0.05, 0) is 25.0 Å². The van der Waals surface area contributed by atoms with Crippen molar-refractivity contribution in [1.29, 1.82) is 0 Å². The molecule has 140 valence electrons. The van der Waals surface area contributed by atoms with E-state index < -0.39 is 6.09 Å². The van der Waals surface area contributed by atoms with Crippen LogP contribution in [0.5, 0.6) is 5.88 Å². The molecule has 0 unspecified atom stereocenters. The zero-order valence-electron chi connectivity index (χ0n) is 14.9. The van der Waals surface area contributed by atoms with Gasteiger partial charge in [-0.1, -0.05) is 6.07 Å². The van der Waals surface area contributed by atoms with E-state index in [9.17, 15) is 9.90 Å². The first-order valence-corrected chi connectivity index (χ1v) is 8.73. The predicted molar refractivity (Wildman–Crippen MR) is 99.0 cm³/mol. The van der Waals surface area contributed by atoms with Crippen LogP contribution >= 0.6 is 0 Å². The van der Waals surface area contributed by atoms with E-state index in [0.29, 0.717) is 30.5 Å². The van der Waals surface area contributed by atoms with Crippen LogP contribution in [0.3, 0.4) is 0 Å². The summed E-state index contributed by atoms with van der Waals surface area (Å²) in [5.41, 5.74) is 2.30. The third kappa shape index (κ3) is 3.35. The molecule has 0 bridgehead atoms. The summed E-state index contributed by atoms with van der Waals surface area (Å²) in [6, 6.07) is 5.73. The average molecular weight is 368 g/mol. The molecule has 0 radical (unpaired) electrons. The molecule has 1 fully saturated rings. The minimum absolute atomic E-state index is 0.0458. The van der Waals surface area contributed by atoms with E-state index in [4.69, 9.17) is 4.74 Å². The number of aromatic nitrogens is 4. The summed E-state index contributed by atoms with van der Waals surface area (Å²) in [7, 11) is 1.54. The van der Waals surface area contributed by atoms with Crippen molar-refractivity contribution in [2.75, 3.05) is 25.5 Å². The van der Waals surface area contributed by atoms with E-state index >= 15 is 0 Å². The number of rotatable bonds is 4. The smallest absolute Gasteiger partial charge is 0.407 e. The van der Waals surface area contributed by atoms with Crippen LogP contribution < -0.4 is 10.1 Å². The first-order chi connectivity index (χ1) is 13.2. The molecular formula is C18H20N6O3. The van der Waals surface area contributed by atoms with Crippen LogP contribution in [0, 0.1) is 0 Å². The normalized spacial score (nSPS) is 17.1. The molecule has 2 N–H and O–H groups in total. The number of hydrogen-bond donors (Lipinski definition) is 2. The maximum atomic E-state index is 11.2. The number of methoxy groups -OCH3 is 1. The number of anilines is 1. The summed E-state index contributed by atoms with van der Waals surface area (Å²) in [5.74, 6) is 0.873. The molecule has 1 aliphatic rings. The second kappa shape index (κ2) is 7.10. The minimum Gasteiger partial charge on any atom is -0.478 e. The number of nitrogens with zero attached hydrogens (tertiary/aromatic N) is 5. The van der Waals surface area contributed by atoms with E-state index in [2.05, 4.69) is 20.3 Å². The van der Waals surface area contributed by atoms with E-state index in [0.717, 1.165) is 24.2 Å². The second-order valence-electron chi connectivity index (χ2n) is 6.40. The monoisotopic (exact) mass is 368 g/mol.